The third-order valence-electron chi connectivity index (χ3n) is 8.85. The number of carboxylic acid groups (broad SMARTS) is 1. The average molecular weight is 880 g/mol. The highest BCUT2D eigenvalue weighted by atomic mass is 16.6. The van der Waals surface area contributed by atoms with Gasteiger partial charge in [0.25, 0.3) is 22.5 Å². The lowest BCUT2D eigenvalue weighted by atomic mass is 10.0. The topological polar surface area (TPSA) is 224 Å². The number of methoxy groups -OCH3 is 2. The normalized spacial score (nSPS) is 10.3. The number of carboxylic acids is 1. The molecule has 1 amide bonds. The van der Waals surface area contributed by atoms with E-state index in [0.29, 0.717) is 39.4 Å². The predicted molar refractivity (Wildman–Crippen MR) is 247 cm³/mol. The van der Waals surface area contributed by atoms with E-state index in [1.165, 1.54) is 65.9 Å². The summed E-state index contributed by atoms with van der Waals surface area (Å²) in [5, 5.41) is 33.7. The number of ether oxygens (including phenoxy) is 3. The summed E-state index contributed by atoms with van der Waals surface area (Å²) in [6.07, 6.45) is 2.35. The van der Waals surface area contributed by atoms with Crippen LogP contribution in [0, 0.1) is 20.2 Å². The number of nitrogens with zero attached hydrogens (tertiary/aromatic N) is 4. The second-order valence-corrected chi connectivity index (χ2v) is 14.4. The monoisotopic (exact) mass is 879 g/mol. The number of nitro benzene ring substituents is 2. The van der Waals surface area contributed by atoms with Gasteiger partial charge in [-0.15, -0.1) is 0 Å². The van der Waals surface area contributed by atoms with Crippen LogP contribution in [0.15, 0.2) is 131 Å². The molecule has 0 radical (unpaired) electrons. The van der Waals surface area contributed by atoms with Gasteiger partial charge < -0.3 is 28.5 Å². The zero-order chi connectivity index (χ0) is 44.4. The molecule has 0 aliphatic rings. The maximum absolute atomic E-state index is 12.6. The molecule has 64 heavy (non-hydrogen) atoms. The van der Waals surface area contributed by atoms with E-state index in [4.69, 9.17) is 19.3 Å². The molecule has 2 aromatic heterocycles. The smallest absolute Gasteiger partial charge is 0.412 e. The predicted octanol–water partition coefficient (Wildman–Crippen LogP) is 9.91. The van der Waals surface area contributed by atoms with E-state index in [9.17, 15) is 39.4 Å². The van der Waals surface area contributed by atoms with E-state index in [2.05, 4.69) is 5.32 Å². The van der Waals surface area contributed by atoms with Crippen LogP contribution in [0.3, 0.4) is 0 Å². The van der Waals surface area contributed by atoms with E-state index >= 15 is 0 Å². The van der Waals surface area contributed by atoms with E-state index in [-0.39, 0.29) is 57.9 Å². The number of rotatable bonds is 12. The van der Waals surface area contributed by atoms with Crippen molar-refractivity contribution in [3.8, 4) is 33.8 Å². The number of anilines is 1. The zero-order valence-corrected chi connectivity index (χ0v) is 33.7. The van der Waals surface area contributed by atoms with Crippen molar-refractivity contribution in [3.63, 3.8) is 0 Å². The van der Waals surface area contributed by atoms with Crippen molar-refractivity contribution in [2.24, 2.45) is 0 Å². The van der Waals surface area contributed by atoms with Crippen LogP contribution in [-0.4, -0.2) is 56.0 Å². The number of benzene rings is 4. The molecular weight excluding hydrogens is 827 g/mol. The minimum absolute atomic E-state index is 0. The molecule has 0 saturated carbocycles. The molecule has 0 aliphatic heterocycles. The number of aromatic carboxylic acids is 1. The number of hydrogen-bond acceptors (Lipinski definition) is 11. The Morgan fingerprint density at radius 2 is 1.11 bits per heavy atom. The molecule has 4 aromatic carbocycles. The number of non-ortho nitro benzene ring substituents is 2. The van der Waals surface area contributed by atoms with Crippen molar-refractivity contribution >= 4 is 29.1 Å². The Balaban J connectivity index is 0.000000425. The van der Waals surface area contributed by atoms with Crippen LogP contribution in [0.1, 0.15) is 64.5 Å². The quantitative estimate of drug-likeness (QED) is 0.0865. The molecule has 0 fully saturated rings. The molecule has 2 N–H and O–H groups in total. The first-order valence-electron chi connectivity index (χ1n) is 18.4. The standard InChI is InChI=1S/C24H25N3O6.C20H16N2O6.3CH4/c1-24(2,3)33-23(29)25-18-10-11-26(22(28)14-18)15-16-8-9-21(32-4)20(12-16)17-6-5-7-19(13-17)27(30)31;1-28-18-6-5-13(12-21-8-7-15(20(24)25)11-19(21)23)9-17(18)14-3-2-4-16(10-14)22(26)27;;;/h5-14H,15H2,1-4H3,(H,25,29);2-11H,12H2,1H3,(H,24,25);3*1H4. The minimum atomic E-state index is -1.17. The molecule has 0 aliphatic carbocycles. The van der Waals surface area contributed by atoms with Crippen LogP contribution in [0.5, 0.6) is 11.5 Å². The number of nitrogens with one attached hydrogen (secondary N) is 1. The van der Waals surface area contributed by atoms with Gasteiger partial charge in [-0.1, -0.05) is 58.7 Å². The van der Waals surface area contributed by atoms with Crippen LogP contribution in [0.2, 0.25) is 0 Å². The van der Waals surface area contributed by atoms with Crippen LogP contribution in [-0.2, 0) is 17.8 Å². The van der Waals surface area contributed by atoms with E-state index < -0.39 is 33.1 Å². The number of carbonyl (C=O) groups excluding carboxylic acids is 1. The van der Waals surface area contributed by atoms with Crippen molar-refractivity contribution in [2.45, 2.75) is 61.7 Å². The lowest BCUT2D eigenvalue weighted by molar-refractivity contribution is -0.385. The number of amides is 1. The van der Waals surface area contributed by atoms with Crippen molar-refractivity contribution in [3.05, 3.63) is 179 Å². The Labute approximate surface area is 370 Å². The van der Waals surface area contributed by atoms with Gasteiger partial charge >= 0.3 is 12.1 Å². The second-order valence-electron chi connectivity index (χ2n) is 14.4. The summed E-state index contributed by atoms with van der Waals surface area (Å²) >= 11 is 0. The number of carbonyl (C=O) groups is 2. The SMILES string of the molecule is C.C.C.COc1ccc(Cn2ccc(C(=O)O)cc2=O)cc1-c1cccc([N+](=O)[O-])c1.COc1ccc(Cn2ccc(NC(=O)OC(C)(C)C)cc2=O)cc1-c1cccc([N+](=O)[O-])c1. The fourth-order valence-electron chi connectivity index (χ4n) is 6.03. The summed E-state index contributed by atoms with van der Waals surface area (Å²) in [7, 11) is 3.03. The van der Waals surface area contributed by atoms with Gasteiger partial charge in [-0.05, 0) is 79.4 Å². The maximum Gasteiger partial charge on any atom is 0.412 e. The van der Waals surface area contributed by atoms with Gasteiger partial charge in [-0.3, -0.25) is 35.1 Å². The van der Waals surface area contributed by atoms with Gasteiger partial charge in [-0.2, -0.15) is 0 Å². The summed E-state index contributed by atoms with van der Waals surface area (Å²) in [4.78, 5) is 68.9. The lowest BCUT2D eigenvalue weighted by Crippen LogP contribution is -2.28. The molecule has 0 spiro atoms. The van der Waals surface area contributed by atoms with Gasteiger partial charge in [0.1, 0.15) is 17.1 Å². The number of nitro groups is 2. The average Bonchev–Trinajstić information content (AvgIpc) is 3.22. The Morgan fingerprint density at radius 1 is 0.656 bits per heavy atom. The zero-order valence-electron chi connectivity index (χ0n) is 33.7. The molecule has 6 aromatic rings. The fourth-order valence-corrected chi connectivity index (χ4v) is 6.03. The van der Waals surface area contributed by atoms with Crippen molar-refractivity contribution in [1.29, 1.82) is 0 Å². The molecule has 0 saturated heterocycles. The van der Waals surface area contributed by atoms with Gasteiger partial charge in [0, 0.05) is 59.9 Å². The third kappa shape index (κ3) is 13.7. The van der Waals surface area contributed by atoms with Crippen LogP contribution >= 0.6 is 0 Å². The van der Waals surface area contributed by atoms with Gasteiger partial charge in [0.15, 0.2) is 0 Å². The molecule has 0 bridgehead atoms. The Kier molecular flexibility index (Phi) is 18.4. The van der Waals surface area contributed by atoms with Gasteiger partial charge in [0.2, 0.25) is 0 Å². The fraction of sp³-hybridized carbons (Fsp3) is 0.234. The first kappa shape index (κ1) is 52.1. The summed E-state index contributed by atoms with van der Waals surface area (Å²) in [5.41, 5.74) is 2.93. The summed E-state index contributed by atoms with van der Waals surface area (Å²) in [6.45, 7) is 5.73. The molecule has 2 heterocycles. The van der Waals surface area contributed by atoms with E-state index in [1.807, 2.05) is 12.1 Å². The minimum Gasteiger partial charge on any atom is -0.496 e. The largest absolute Gasteiger partial charge is 0.496 e. The van der Waals surface area contributed by atoms with Crippen LogP contribution in [0.25, 0.3) is 22.3 Å². The molecule has 17 nitrogen and oxygen atoms in total. The third-order valence-corrected chi connectivity index (χ3v) is 8.85. The highest BCUT2D eigenvalue weighted by molar-refractivity contribution is 5.87. The Hall–Kier alpha value is -8.08. The van der Waals surface area contributed by atoms with Gasteiger partial charge in [0.05, 0.1) is 48.4 Å². The van der Waals surface area contributed by atoms with Crippen LogP contribution < -0.4 is 25.9 Å². The Bertz CT molecular complexity index is 2740. The van der Waals surface area contributed by atoms with E-state index in [1.54, 1.807) is 81.6 Å². The number of aromatic nitrogens is 2. The van der Waals surface area contributed by atoms with Crippen LogP contribution in [0.4, 0.5) is 21.9 Å². The molecule has 17 heteroatoms. The van der Waals surface area contributed by atoms with Crippen molar-refractivity contribution in [2.75, 3.05) is 19.5 Å². The molecule has 0 atom stereocenters. The summed E-state index contributed by atoms with van der Waals surface area (Å²) < 4.78 is 18.9. The highest BCUT2D eigenvalue weighted by Crippen LogP contribution is 2.34. The lowest BCUT2D eigenvalue weighted by Gasteiger charge is -2.19. The molecular formula is C47H53N5O12. The second kappa shape index (κ2) is 22.7. The summed E-state index contributed by atoms with van der Waals surface area (Å²) in [5.74, 6) is -0.0667. The molecule has 0 unspecified atom stereocenters. The van der Waals surface area contributed by atoms with Crippen molar-refractivity contribution in [1.82, 2.24) is 9.13 Å². The van der Waals surface area contributed by atoms with Gasteiger partial charge in [-0.25, -0.2) is 9.59 Å². The van der Waals surface area contributed by atoms with E-state index in [0.717, 1.165) is 17.2 Å². The summed E-state index contributed by atoms with van der Waals surface area (Å²) in [6, 6.07) is 28.5. The number of pyridine rings is 2. The molecule has 338 valence electrons. The van der Waals surface area contributed by atoms with Crippen molar-refractivity contribution < 1.29 is 38.8 Å². The number of hydrogen-bond donors (Lipinski definition) is 2. The Morgan fingerprint density at radius 3 is 1.50 bits per heavy atom. The first-order chi connectivity index (χ1) is 28.9. The highest BCUT2D eigenvalue weighted by Gasteiger charge is 2.17. The maximum atomic E-state index is 12.6. The molecule has 6 rings (SSSR count). The first-order valence-corrected chi connectivity index (χ1v) is 18.4.